The average Bonchev–Trinajstić information content (AvgIpc) is 3.07. The number of nitrogens with zero attached hydrogens (tertiary/aromatic N) is 1. The largest absolute Gasteiger partial charge is 0.478 e. The van der Waals surface area contributed by atoms with Gasteiger partial charge in [0.1, 0.15) is 5.01 Å². The predicted molar refractivity (Wildman–Crippen MR) is 83.6 cm³/mol. The van der Waals surface area contributed by atoms with Gasteiger partial charge in [0.05, 0.1) is 11.1 Å². The van der Waals surface area contributed by atoms with Gasteiger partial charge in [0, 0.05) is 27.9 Å². The van der Waals surface area contributed by atoms with E-state index >= 15 is 0 Å². The molecule has 5 nitrogen and oxygen atoms in total. The Labute approximate surface area is 130 Å². The van der Waals surface area contributed by atoms with Crippen LogP contribution in [-0.2, 0) is 10.3 Å². The Morgan fingerprint density at radius 1 is 1.38 bits per heavy atom. The third kappa shape index (κ3) is 3.99. The van der Waals surface area contributed by atoms with Crippen LogP contribution in [0.25, 0.3) is 6.08 Å². The van der Waals surface area contributed by atoms with Gasteiger partial charge in [-0.2, -0.15) is 0 Å². The first kappa shape index (κ1) is 15.4. The highest BCUT2D eigenvalue weighted by Gasteiger charge is 2.26. The molecule has 2 aromatic heterocycles. The molecule has 2 rings (SSSR count). The van der Waals surface area contributed by atoms with Crippen molar-refractivity contribution >= 4 is 40.6 Å². The van der Waals surface area contributed by atoms with Gasteiger partial charge in [-0.15, -0.1) is 22.7 Å². The molecule has 110 valence electrons. The number of nitrogens with one attached hydrogen (secondary N) is 1. The number of carboxylic acid groups (broad SMARTS) is 1. The normalized spacial score (nSPS) is 11.7. The summed E-state index contributed by atoms with van der Waals surface area (Å²) in [7, 11) is 0. The number of hydrogen-bond acceptors (Lipinski definition) is 5. The van der Waals surface area contributed by atoms with Crippen LogP contribution >= 0.6 is 22.7 Å². The number of carbonyl (C=O) groups excluding carboxylic acids is 1. The smallest absolute Gasteiger partial charge is 0.328 e. The van der Waals surface area contributed by atoms with Crippen LogP contribution < -0.4 is 5.32 Å². The summed E-state index contributed by atoms with van der Waals surface area (Å²) in [6.45, 7) is 3.78. The van der Waals surface area contributed by atoms with E-state index in [4.69, 9.17) is 5.11 Å². The van der Waals surface area contributed by atoms with Crippen molar-refractivity contribution in [1.29, 1.82) is 0 Å². The van der Waals surface area contributed by atoms with E-state index in [9.17, 15) is 9.59 Å². The molecule has 0 aliphatic carbocycles. The van der Waals surface area contributed by atoms with Gasteiger partial charge in [-0.05, 0) is 26.0 Å². The van der Waals surface area contributed by atoms with Crippen molar-refractivity contribution in [2.75, 3.05) is 0 Å². The number of thiophene rings is 1. The summed E-state index contributed by atoms with van der Waals surface area (Å²) >= 11 is 2.80. The molecular weight excluding hydrogens is 308 g/mol. The van der Waals surface area contributed by atoms with Crippen LogP contribution in [0.5, 0.6) is 0 Å². The topological polar surface area (TPSA) is 79.3 Å². The molecule has 0 aromatic carbocycles. The van der Waals surface area contributed by atoms with Gasteiger partial charge < -0.3 is 10.4 Å². The molecule has 2 N–H and O–H groups in total. The molecule has 0 bridgehead atoms. The summed E-state index contributed by atoms with van der Waals surface area (Å²) in [4.78, 5) is 27.6. The first-order chi connectivity index (χ1) is 9.88. The Morgan fingerprint density at radius 2 is 2.14 bits per heavy atom. The third-order valence-corrected chi connectivity index (χ3v) is 4.66. The average molecular weight is 322 g/mol. The van der Waals surface area contributed by atoms with E-state index in [-0.39, 0.29) is 5.91 Å². The van der Waals surface area contributed by atoms with Gasteiger partial charge >= 0.3 is 5.97 Å². The van der Waals surface area contributed by atoms with Crippen molar-refractivity contribution in [2.45, 2.75) is 19.4 Å². The monoisotopic (exact) mass is 322 g/mol. The minimum absolute atomic E-state index is 0.207. The van der Waals surface area contributed by atoms with E-state index in [1.165, 1.54) is 28.7 Å². The molecule has 2 aromatic rings. The van der Waals surface area contributed by atoms with Gasteiger partial charge in [-0.1, -0.05) is 0 Å². The second-order valence-corrected chi connectivity index (χ2v) is 6.66. The van der Waals surface area contributed by atoms with E-state index in [0.717, 1.165) is 16.0 Å². The zero-order valence-electron chi connectivity index (χ0n) is 11.5. The van der Waals surface area contributed by atoms with Crippen molar-refractivity contribution in [3.8, 4) is 0 Å². The molecule has 0 aliphatic rings. The maximum absolute atomic E-state index is 12.2. The molecule has 0 spiro atoms. The molecular formula is C14H14N2O3S2. The fraction of sp³-hybridized carbons (Fsp3) is 0.214. The lowest BCUT2D eigenvalue weighted by molar-refractivity contribution is -0.131. The minimum atomic E-state index is -1.01. The highest BCUT2D eigenvalue weighted by molar-refractivity contribution is 7.11. The summed E-state index contributed by atoms with van der Waals surface area (Å²) < 4.78 is 0. The molecule has 0 aliphatic heterocycles. The number of amides is 1. The highest BCUT2D eigenvalue weighted by Crippen LogP contribution is 2.23. The van der Waals surface area contributed by atoms with Gasteiger partial charge in [0.25, 0.3) is 5.91 Å². The Kier molecular flexibility index (Phi) is 4.54. The quantitative estimate of drug-likeness (QED) is 0.830. The van der Waals surface area contributed by atoms with Gasteiger partial charge in [0.15, 0.2) is 0 Å². The molecule has 0 saturated heterocycles. The van der Waals surface area contributed by atoms with E-state index in [1.807, 2.05) is 19.2 Å². The second-order valence-electron chi connectivity index (χ2n) is 4.83. The Hall–Kier alpha value is -1.99. The number of aromatic nitrogens is 1. The minimum Gasteiger partial charge on any atom is -0.478 e. The number of thiazole rings is 1. The predicted octanol–water partition coefficient (Wildman–Crippen LogP) is 2.97. The van der Waals surface area contributed by atoms with E-state index in [1.54, 1.807) is 17.6 Å². The standard InChI is InChI=1S/C14H14N2O3S2/c1-14(2,13-15-5-6-20-13)16-12(19)9-7-10(21-8-9)3-4-11(17)18/h3-8H,1-2H3,(H,16,19)(H,17,18)/b4-3+. The molecule has 2 heterocycles. The molecule has 1 amide bonds. The van der Waals surface area contributed by atoms with Crippen molar-refractivity contribution in [3.05, 3.63) is 44.5 Å². The van der Waals surface area contributed by atoms with Crippen LogP contribution in [0.3, 0.4) is 0 Å². The number of aliphatic carboxylic acids is 1. The summed E-state index contributed by atoms with van der Waals surface area (Å²) in [5, 5.41) is 15.9. The van der Waals surface area contributed by atoms with E-state index in [0.29, 0.717) is 5.56 Å². The summed E-state index contributed by atoms with van der Waals surface area (Å²) in [5.41, 5.74) is -0.0424. The number of carboxylic acids is 1. The Bertz CT molecular complexity index is 672. The molecule has 0 radical (unpaired) electrons. The summed E-state index contributed by atoms with van der Waals surface area (Å²) in [6, 6.07) is 1.66. The Balaban J connectivity index is 2.09. The lowest BCUT2D eigenvalue weighted by atomic mass is 10.1. The van der Waals surface area contributed by atoms with Crippen molar-refractivity contribution in [1.82, 2.24) is 10.3 Å². The molecule has 0 fully saturated rings. The van der Waals surface area contributed by atoms with E-state index in [2.05, 4.69) is 10.3 Å². The van der Waals surface area contributed by atoms with Crippen molar-refractivity contribution < 1.29 is 14.7 Å². The molecule has 0 unspecified atom stereocenters. The maximum Gasteiger partial charge on any atom is 0.328 e. The molecule has 0 atom stereocenters. The van der Waals surface area contributed by atoms with Crippen LogP contribution in [0.1, 0.15) is 34.1 Å². The fourth-order valence-corrected chi connectivity index (χ4v) is 3.15. The molecule has 0 saturated carbocycles. The van der Waals surface area contributed by atoms with E-state index < -0.39 is 11.5 Å². The lowest BCUT2D eigenvalue weighted by Crippen LogP contribution is -2.40. The molecule has 7 heteroatoms. The van der Waals surface area contributed by atoms with Gasteiger partial charge in [0.2, 0.25) is 0 Å². The fourth-order valence-electron chi connectivity index (χ4n) is 1.65. The maximum atomic E-state index is 12.2. The number of hydrogen-bond donors (Lipinski definition) is 2. The third-order valence-electron chi connectivity index (χ3n) is 2.67. The van der Waals surface area contributed by atoms with Crippen LogP contribution in [-0.4, -0.2) is 22.0 Å². The van der Waals surface area contributed by atoms with Crippen LogP contribution in [0, 0.1) is 0 Å². The number of carbonyl (C=O) groups is 2. The van der Waals surface area contributed by atoms with Gasteiger partial charge in [-0.3, -0.25) is 4.79 Å². The van der Waals surface area contributed by atoms with Crippen LogP contribution in [0.15, 0.2) is 29.1 Å². The Morgan fingerprint density at radius 3 is 2.76 bits per heavy atom. The number of rotatable bonds is 5. The summed E-state index contributed by atoms with van der Waals surface area (Å²) in [5.74, 6) is -1.22. The van der Waals surface area contributed by atoms with Crippen molar-refractivity contribution in [2.24, 2.45) is 0 Å². The lowest BCUT2D eigenvalue weighted by Gasteiger charge is -2.23. The first-order valence-corrected chi connectivity index (χ1v) is 7.86. The molecule has 21 heavy (non-hydrogen) atoms. The van der Waals surface area contributed by atoms with Crippen LogP contribution in [0.2, 0.25) is 0 Å². The first-order valence-electron chi connectivity index (χ1n) is 6.10. The van der Waals surface area contributed by atoms with Crippen LogP contribution in [0.4, 0.5) is 0 Å². The second kappa shape index (κ2) is 6.19. The van der Waals surface area contributed by atoms with Gasteiger partial charge in [-0.25, -0.2) is 9.78 Å². The highest BCUT2D eigenvalue weighted by atomic mass is 32.1. The zero-order valence-corrected chi connectivity index (χ0v) is 13.1. The van der Waals surface area contributed by atoms with Crippen molar-refractivity contribution in [3.63, 3.8) is 0 Å². The SMILES string of the molecule is CC(C)(NC(=O)c1csc(/C=C/C(=O)O)c1)c1nccs1. The zero-order chi connectivity index (χ0) is 15.5. The summed E-state index contributed by atoms with van der Waals surface area (Å²) in [6.07, 6.45) is 4.22.